The van der Waals surface area contributed by atoms with Gasteiger partial charge in [0.25, 0.3) is 5.91 Å². The Balaban J connectivity index is 1.57. The lowest BCUT2D eigenvalue weighted by Gasteiger charge is -2.35. The molecule has 33 heavy (non-hydrogen) atoms. The van der Waals surface area contributed by atoms with Gasteiger partial charge in [0.15, 0.2) is 0 Å². The molecule has 0 bridgehead atoms. The molecule has 1 atom stereocenters. The summed E-state index contributed by atoms with van der Waals surface area (Å²) in [5.41, 5.74) is 2.87. The summed E-state index contributed by atoms with van der Waals surface area (Å²) in [5.74, 6) is 0.200. The second-order valence-electron chi connectivity index (χ2n) is 9.49. The number of piperidine rings is 1. The second kappa shape index (κ2) is 11.6. The van der Waals surface area contributed by atoms with E-state index in [1.54, 1.807) is 0 Å². The van der Waals surface area contributed by atoms with E-state index in [1.807, 2.05) is 54.5 Å². The summed E-state index contributed by atoms with van der Waals surface area (Å²) in [6.07, 6.45) is 2.55. The normalized spacial score (nSPS) is 19.8. The molecule has 0 spiro atoms. The first kappa shape index (κ1) is 25.2. The molecule has 3 rings (SSSR count). The lowest BCUT2D eigenvalue weighted by atomic mass is 9.95. The van der Waals surface area contributed by atoms with Crippen molar-refractivity contribution in [3.05, 3.63) is 34.9 Å². The summed E-state index contributed by atoms with van der Waals surface area (Å²) < 4.78 is 0. The lowest BCUT2D eigenvalue weighted by molar-refractivity contribution is -0.136. The molecule has 3 amide bonds. The fourth-order valence-electron chi connectivity index (χ4n) is 5.12. The molecule has 0 saturated carbocycles. The van der Waals surface area contributed by atoms with Crippen molar-refractivity contribution >= 4 is 17.7 Å². The van der Waals surface area contributed by atoms with E-state index in [1.165, 1.54) is 0 Å². The van der Waals surface area contributed by atoms with Gasteiger partial charge in [-0.1, -0.05) is 17.2 Å². The van der Waals surface area contributed by atoms with Crippen LogP contribution in [0.1, 0.15) is 54.6 Å². The summed E-state index contributed by atoms with van der Waals surface area (Å²) in [6, 6.07) is 5.94. The summed E-state index contributed by atoms with van der Waals surface area (Å²) in [5, 5.41) is 0. The lowest BCUT2D eigenvalue weighted by Crippen LogP contribution is -2.47. The largest absolute Gasteiger partial charge is 0.342 e. The van der Waals surface area contributed by atoms with E-state index in [4.69, 9.17) is 0 Å². The Morgan fingerprint density at radius 3 is 2.21 bits per heavy atom. The maximum absolute atomic E-state index is 13.3. The van der Waals surface area contributed by atoms with Crippen molar-refractivity contribution in [2.75, 3.05) is 58.9 Å². The number of carbonyl (C=O) groups excluding carboxylic acids is 3. The van der Waals surface area contributed by atoms with E-state index in [-0.39, 0.29) is 23.6 Å². The van der Waals surface area contributed by atoms with Gasteiger partial charge >= 0.3 is 0 Å². The van der Waals surface area contributed by atoms with E-state index >= 15 is 0 Å². The fraction of sp³-hybridized carbons (Fsp3) is 0.654. The predicted molar refractivity (Wildman–Crippen MR) is 130 cm³/mol. The van der Waals surface area contributed by atoms with Gasteiger partial charge in [0.2, 0.25) is 11.8 Å². The topological polar surface area (TPSA) is 64.2 Å². The summed E-state index contributed by atoms with van der Waals surface area (Å²) in [4.78, 5) is 46.8. The molecule has 0 aromatic heterocycles. The zero-order chi connectivity index (χ0) is 24.0. The van der Waals surface area contributed by atoms with E-state index in [2.05, 4.69) is 11.0 Å². The molecule has 2 aliphatic heterocycles. The van der Waals surface area contributed by atoms with Gasteiger partial charge in [-0.15, -0.1) is 0 Å². The Bertz CT molecular complexity index is 832. The van der Waals surface area contributed by atoms with Crippen molar-refractivity contribution in [1.29, 1.82) is 0 Å². The summed E-state index contributed by atoms with van der Waals surface area (Å²) in [7, 11) is 0. The highest BCUT2D eigenvalue weighted by molar-refractivity contribution is 5.95. The number of benzene rings is 1. The molecule has 0 aliphatic carbocycles. The fourth-order valence-corrected chi connectivity index (χ4v) is 5.12. The van der Waals surface area contributed by atoms with E-state index in [9.17, 15) is 14.4 Å². The van der Waals surface area contributed by atoms with Gasteiger partial charge in [0.1, 0.15) is 0 Å². The van der Waals surface area contributed by atoms with Crippen LogP contribution in [0.5, 0.6) is 0 Å². The highest BCUT2D eigenvalue weighted by atomic mass is 16.2. The number of nitrogens with zero attached hydrogens (tertiary/aromatic N) is 4. The first-order chi connectivity index (χ1) is 15.8. The molecule has 7 heteroatoms. The molecule has 1 aromatic rings. The average Bonchev–Trinajstić information content (AvgIpc) is 3.04. The minimum Gasteiger partial charge on any atom is -0.342 e. The van der Waals surface area contributed by atoms with Gasteiger partial charge in [-0.05, 0) is 59.1 Å². The van der Waals surface area contributed by atoms with E-state index in [0.29, 0.717) is 31.7 Å². The summed E-state index contributed by atoms with van der Waals surface area (Å²) >= 11 is 0. The number of carbonyl (C=O) groups is 3. The van der Waals surface area contributed by atoms with Gasteiger partial charge in [0, 0.05) is 57.9 Å². The number of aryl methyl sites for hydroxylation is 2. The molecular weight excluding hydrogens is 416 g/mol. The van der Waals surface area contributed by atoms with Crippen molar-refractivity contribution in [3.8, 4) is 0 Å². The van der Waals surface area contributed by atoms with Crippen LogP contribution in [0.25, 0.3) is 0 Å². The van der Waals surface area contributed by atoms with Crippen molar-refractivity contribution < 1.29 is 14.4 Å². The molecule has 182 valence electrons. The number of rotatable bonds is 6. The van der Waals surface area contributed by atoms with Crippen LogP contribution in [0.2, 0.25) is 0 Å². The van der Waals surface area contributed by atoms with Crippen LogP contribution < -0.4 is 0 Å². The second-order valence-corrected chi connectivity index (χ2v) is 9.49. The third-order valence-corrected chi connectivity index (χ3v) is 6.90. The Morgan fingerprint density at radius 2 is 1.55 bits per heavy atom. The third kappa shape index (κ3) is 6.56. The molecule has 2 saturated heterocycles. The minimum atomic E-state index is -0.141. The van der Waals surface area contributed by atoms with Gasteiger partial charge in [0.05, 0.1) is 12.5 Å². The van der Waals surface area contributed by atoms with E-state index < -0.39 is 0 Å². The number of amides is 3. The average molecular weight is 457 g/mol. The highest BCUT2D eigenvalue weighted by Crippen LogP contribution is 2.22. The Hall–Kier alpha value is -2.41. The van der Waals surface area contributed by atoms with Crippen molar-refractivity contribution in [2.45, 2.75) is 47.0 Å². The first-order valence-corrected chi connectivity index (χ1v) is 12.5. The number of likely N-dealkylation sites (N-methyl/N-ethyl adjacent to an activating group) is 1. The molecule has 0 N–H and O–H groups in total. The van der Waals surface area contributed by atoms with Crippen LogP contribution in [-0.4, -0.2) is 96.2 Å². The number of hydrogen-bond donors (Lipinski definition) is 0. The zero-order valence-electron chi connectivity index (χ0n) is 20.8. The highest BCUT2D eigenvalue weighted by Gasteiger charge is 2.32. The molecule has 0 radical (unpaired) electrons. The zero-order valence-corrected chi connectivity index (χ0v) is 20.8. The Labute approximate surface area is 198 Å². The van der Waals surface area contributed by atoms with Gasteiger partial charge < -0.3 is 14.7 Å². The molecule has 2 aliphatic rings. The molecule has 2 heterocycles. The molecule has 1 unspecified atom stereocenters. The first-order valence-electron chi connectivity index (χ1n) is 12.5. The van der Waals surface area contributed by atoms with Crippen LogP contribution >= 0.6 is 0 Å². The quantitative estimate of drug-likeness (QED) is 0.660. The predicted octanol–water partition coefficient (Wildman–Crippen LogP) is 2.56. The molecule has 7 nitrogen and oxygen atoms in total. The maximum Gasteiger partial charge on any atom is 0.253 e. The van der Waals surface area contributed by atoms with Crippen molar-refractivity contribution in [1.82, 2.24) is 19.6 Å². The minimum absolute atomic E-state index is 0.0243. The van der Waals surface area contributed by atoms with Crippen molar-refractivity contribution in [2.24, 2.45) is 5.92 Å². The number of likely N-dealkylation sites (tertiary alicyclic amines) is 1. The Morgan fingerprint density at radius 1 is 0.879 bits per heavy atom. The molecule has 2 fully saturated rings. The maximum atomic E-state index is 13.3. The van der Waals surface area contributed by atoms with Crippen LogP contribution in [0.4, 0.5) is 0 Å². The smallest absolute Gasteiger partial charge is 0.253 e. The third-order valence-electron chi connectivity index (χ3n) is 6.90. The standard InChI is InChI=1S/C26H40N4O3/c1-5-28(6-2)24(31)19-27-10-8-12-29(14-13-27)25(32)22-9-7-11-30(18-22)26(33)23-16-20(3)15-21(4)17-23/h15-17,22H,5-14,18-19H2,1-4H3. The summed E-state index contributed by atoms with van der Waals surface area (Å²) in [6.45, 7) is 14.0. The molecule has 1 aromatic carbocycles. The van der Waals surface area contributed by atoms with Gasteiger partial charge in [-0.25, -0.2) is 0 Å². The molecular formula is C26H40N4O3. The van der Waals surface area contributed by atoms with Crippen molar-refractivity contribution in [3.63, 3.8) is 0 Å². The Kier molecular flexibility index (Phi) is 8.89. The SMILES string of the molecule is CCN(CC)C(=O)CN1CCCN(C(=O)C2CCCN(C(=O)c3cc(C)cc(C)c3)C2)CC1. The van der Waals surface area contributed by atoms with E-state index in [0.717, 1.165) is 63.1 Å². The van der Waals surface area contributed by atoms with Gasteiger partial charge in [-0.2, -0.15) is 0 Å². The monoisotopic (exact) mass is 456 g/mol. The van der Waals surface area contributed by atoms with Crippen LogP contribution in [0, 0.1) is 19.8 Å². The van der Waals surface area contributed by atoms with Crippen LogP contribution in [-0.2, 0) is 9.59 Å². The van der Waals surface area contributed by atoms with Crippen LogP contribution in [0.3, 0.4) is 0 Å². The van der Waals surface area contributed by atoms with Gasteiger partial charge in [-0.3, -0.25) is 19.3 Å². The number of hydrogen-bond acceptors (Lipinski definition) is 4. The van der Waals surface area contributed by atoms with Crippen LogP contribution in [0.15, 0.2) is 18.2 Å².